The van der Waals surface area contributed by atoms with E-state index in [9.17, 15) is 14.4 Å². The first kappa shape index (κ1) is 20.6. The standard InChI is InChI=1S/C23H23BrN2O4/c24-16-6-10-18(11-7-16)25-21(28)15-4-8-17(9-5-15)26-22(29)19-14-20(27)30-23(19)12-2-1-3-13-23/h4-11,19H,1-3,12-14H2,(H,25,28)(H,26,29)/t19-/m1/s1. The molecule has 1 aliphatic carbocycles. The minimum absolute atomic E-state index is 0.125. The molecule has 0 aromatic heterocycles. The normalized spacial score (nSPS) is 19.9. The lowest BCUT2D eigenvalue weighted by Gasteiger charge is -2.36. The van der Waals surface area contributed by atoms with Crippen LogP contribution in [-0.4, -0.2) is 23.4 Å². The first-order valence-corrected chi connectivity index (χ1v) is 10.9. The molecule has 1 saturated carbocycles. The van der Waals surface area contributed by atoms with Gasteiger partial charge in [-0.25, -0.2) is 0 Å². The number of nitrogens with one attached hydrogen (secondary N) is 2. The van der Waals surface area contributed by atoms with Crippen molar-refractivity contribution in [2.24, 2.45) is 5.92 Å². The van der Waals surface area contributed by atoms with Gasteiger partial charge >= 0.3 is 5.97 Å². The number of halogens is 1. The molecule has 1 saturated heterocycles. The summed E-state index contributed by atoms with van der Waals surface area (Å²) >= 11 is 3.36. The Balaban J connectivity index is 1.40. The number of hydrogen-bond donors (Lipinski definition) is 2. The number of amides is 2. The van der Waals surface area contributed by atoms with Gasteiger partial charge in [0.05, 0.1) is 12.3 Å². The van der Waals surface area contributed by atoms with E-state index < -0.39 is 11.5 Å². The highest BCUT2D eigenvalue weighted by molar-refractivity contribution is 9.10. The van der Waals surface area contributed by atoms with Gasteiger partial charge in [0.1, 0.15) is 5.60 Å². The molecular formula is C23H23BrN2O4. The highest BCUT2D eigenvalue weighted by Crippen LogP contribution is 2.44. The van der Waals surface area contributed by atoms with Crippen molar-refractivity contribution in [1.82, 2.24) is 0 Å². The Morgan fingerprint density at radius 2 is 1.50 bits per heavy atom. The largest absolute Gasteiger partial charge is 0.458 e. The Bertz CT molecular complexity index is 950. The summed E-state index contributed by atoms with van der Waals surface area (Å²) in [5.41, 5.74) is 1.12. The number of esters is 1. The van der Waals surface area contributed by atoms with Crippen molar-refractivity contribution in [2.75, 3.05) is 10.6 Å². The quantitative estimate of drug-likeness (QED) is 0.621. The topological polar surface area (TPSA) is 84.5 Å². The SMILES string of the molecule is O=C1C[C@H](C(=O)Nc2ccc(C(=O)Nc3ccc(Br)cc3)cc2)C2(CCCCC2)O1. The van der Waals surface area contributed by atoms with Gasteiger partial charge in [-0.15, -0.1) is 0 Å². The molecule has 1 heterocycles. The van der Waals surface area contributed by atoms with Crippen molar-refractivity contribution in [1.29, 1.82) is 0 Å². The number of anilines is 2. The molecule has 6 nitrogen and oxygen atoms in total. The van der Waals surface area contributed by atoms with Crippen molar-refractivity contribution in [3.8, 4) is 0 Å². The van der Waals surface area contributed by atoms with E-state index in [1.807, 2.05) is 24.3 Å². The van der Waals surface area contributed by atoms with Crippen molar-refractivity contribution in [3.63, 3.8) is 0 Å². The Kier molecular flexibility index (Phi) is 5.90. The van der Waals surface area contributed by atoms with Gasteiger partial charge < -0.3 is 15.4 Å². The Morgan fingerprint density at radius 3 is 2.17 bits per heavy atom. The monoisotopic (exact) mass is 470 g/mol. The van der Waals surface area contributed by atoms with Gasteiger partial charge in [0.25, 0.3) is 5.91 Å². The van der Waals surface area contributed by atoms with Crippen LogP contribution >= 0.6 is 15.9 Å². The van der Waals surface area contributed by atoms with E-state index in [4.69, 9.17) is 4.74 Å². The number of hydrogen-bond acceptors (Lipinski definition) is 4. The van der Waals surface area contributed by atoms with E-state index in [1.165, 1.54) is 0 Å². The molecule has 2 N–H and O–H groups in total. The van der Waals surface area contributed by atoms with Gasteiger partial charge in [0.15, 0.2) is 0 Å². The molecule has 30 heavy (non-hydrogen) atoms. The van der Waals surface area contributed by atoms with E-state index in [2.05, 4.69) is 26.6 Å². The highest BCUT2D eigenvalue weighted by atomic mass is 79.9. The van der Waals surface area contributed by atoms with E-state index in [0.717, 1.165) is 36.6 Å². The van der Waals surface area contributed by atoms with Crippen molar-refractivity contribution in [3.05, 3.63) is 58.6 Å². The second kappa shape index (κ2) is 8.60. The number of rotatable bonds is 4. The molecule has 1 spiro atoms. The summed E-state index contributed by atoms with van der Waals surface area (Å²) in [7, 11) is 0. The number of benzene rings is 2. The molecule has 0 bridgehead atoms. The first-order valence-electron chi connectivity index (χ1n) is 10.1. The van der Waals surface area contributed by atoms with Crippen molar-refractivity contribution in [2.45, 2.75) is 44.1 Å². The van der Waals surface area contributed by atoms with Crippen LogP contribution in [0.2, 0.25) is 0 Å². The van der Waals surface area contributed by atoms with Crippen LogP contribution in [0.15, 0.2) is 53.0 Å². The summed E-state index contributed by atoms with van der Waals surface area (Å²) in [6, 6.07) is 14.0. The maximum absolute atomic E-state index is 12.9. The van der Waals surface area contributed by atoms with Crippen LogP contribution in [0.4, 0.5) is 11.4 Å². The molecule has 156 valence electrons. The van der Waals surface area contributed by atoms with Crippen LogP contribution in [-0.2, 0) is 14.3 Å². The number of carbonyl (C=O) groups excluding carboxylic acids is 3. The maximum Gasteiger partial charge on any atom is 0.307 e. The lowest BCUT2D eigenvalue weighted by molar-refractivity contribution is -0.153. The predicted molar refractivity (Wildman–Crippen MR) is 117 cm³/mol. The van der Waals surface area contributed by atoms with Crippen LogP contribution < -0.4 is 10.6 Å². The van der Waals surface area contributed by atoms with Gasteiger partial charge in [-0.1, -0.05) is 22.4 Å². The van der Waals surface area contributed by atoms with Crippen molar-refractivity contribution < 1.29 is 19.1 Å². The third-order valence-corrected chi connectivity index (χ3v) is 6.38. The van der Waals surface area contributed by atoms with Gasteiger partial charge in [0, 0.05) is 21.4 Å². The van der Waals surface area contributed by atoms with Crippen LogP contribution in [0.5, 0.6) is 0 Å². The lowest BCUT2D eigenvalue weighted by atomic mass is 9.75. The summed E-state index contributed by atoms with van der Waals surface area (Å²) in [4.78, 5) is 37.2. The fraction of sp³-hybridized carbons (Fsp3) is 0.348. The molecule has 4 rings (SSSR count). The minimum Gasteiger partial charge on any atom is -0.458 e. The molecule has 2 aliphatic rings. The fourth-order valence-corrected chi connectivity index (χ4v) is 4.56. The molecule has 1 atom stereocenters. The van der Waals surface area contributed by atoms with Gasteiger partial charge in [-0.3, -0.25) is 14.4 Å². The lowest BCUT2D eigenvalue weighted by Crippen LogP contribution is -2.43. The highest BCUT2D eigenvalue weighted by Gasteiger charge is 2.52. The average Bonchev–Trinajstić information content (AvgIpc) is 3.06. The summed E-state index contributed by atoms with van der Waals surface area (Å²) in [6.45, 7) is 0. The van der Waals surface area contributed by atoms with Crippen molar-refractivity contribution >= 4 is 45.1 Å². The number of carbonyl (C=O) groups is 3. The summed E-state index contributed by atoms with van der Waals surface area (Å²) in [6.07, 6.45) is 4.66. The molecule has 2 aromatic carbocycles. The first-order chi connectivity index (χ1) is 14.4. The predicted octanol–water partition coefficient (Wildman–Crippen LogP) is 4.91. The molecular weight excluding hydrogens is 448 g/mol. The minimum atomic E-state index is -0.649. The zero-order valence-electron chi connectivity index (χ0n) is 16.4. The summed E-state index contributed by atoms with van der Waals surface area (Å²) in [5, 5.41) is 5.72. The number of ether oxygens (including phenoxy) is 1. The third-order valence-electron chi connectivity index (χ3n) is 5.86. The molecule has 2 amide bonds. The average molecular weight is 471 g/mol. The van der Waals surface area contributed by atoms with Crippen LogP contribution in [0, 0.1) is 5.92 Å². The van der Waals surface area contributed by atoms with Gasteiger partial charge in [-0.05, 0) is 74.2 Å². The molecule has 0 unspecified atom stereocenters. The Hall–Kier alpha value is -2.67. The zero-order chi connectivity index (χ0) is 21.1. The van der Waals surface area contributed by atoms with Gasteiger partial charge in [-0.2, -0.15) is 0 Å². The molecule has 0 radical (unpaired) electrons. The summed E-state index contributed by atoms with van der Waals surface area (Å²) < 4.78 is 6.56. The van der Waals surface area contributed by atoms with E-state index >= 15 is 0 Å². The second-order valence-corrected chi connectivity index (χ2v) is 8.80. The summed E-state index contributed by atoms with van der Waals surface area (Å²) in [5.74, 6) is -1.19. The molecule has 2 aromatic rings. The van der Waals surface area contributed by atoms with E-state index in [1.54, 1.807) is 24.3 Å². The van der Waals surface area contributed by atoms with Crippen LogP contribution in [0.1, 0.15) is 48.9 Å². The molecule has 7 heteroatoms. The Morgan fingerprint density at radius 1 is 0.900 bits per heavy atom. The third kappa shape index (κ3) is 4.41. The maximum atomic E-state index is 12.9. The van der Waals surface area contributed by atoms with Crippen LogP contribution in [0.3, 0.4) is 0 Å². The van der Waals surface area contributed by atoms with E-state index in [0.29, 0.717) is 16.9 Å². The van der Waals surface area contributed by atoms with Crippen LogP contribution in [0.25, 0.3) is 0 Å². The second-order valence-electron chi connectivity index (χ2n) is 7.88. The fourth-order valence-electron chi connectivity index (χ4n) is 4.30. The van der Waals surface area contributed by atoms with E-state index in [-0.39, 0.29) is 24.2 Å². The smallest absolute Gasteiger partial charge is 0.307 e. The Labute approximate surface area is 183 Å². The zero-order valence-corrected chi connectivity index (χ0v) is 18.0. The molecule has 1 aliphatic heterocycles. The molecule has 2 fully saturated rings. The van der Waals surface area contributed by atoms with Gasteiger partial charge in [0.2, 0.25) is 5.91 Å².